The molecule has 1 N–H and O–H groups in total. The van der Waals surface area contributed by atoms with Gasteiger partial charge in [0.2, 0.25) is 0 Å². The second-order valence-electron chi connectivity index (χ2n) is 1.01. The van der Waals surface area contributed by atoms with Crippen molar-refractivity contribution in [3.63, 3.8) is 0 Å². The monoisotopic (exact) mass is 85.1 g/mol. The minimum atomic E-state index is 0.816. The zero-order valence-corrected chi connectivity index (χ0v) is 3.90. The molecule has 3 heteroatoms. The van der Waals surface area contributed by atoms with Crippen molar-refractivity contribution in [2.24, 2.45) is 0 Å². The van der Waals surface area contributed by atoms with Crippen LogP contribution in [0, 0.1) is 0 Å². The van der Waals surface area contributed by atoms with Crippen molar-refractivity contribution in [2.75, 3.05) is 6.54 Å². The highest BCUT2D eigenvalue weighted by Crippen LogP contribution is 1.65. The van der Waals surface area contributed by atoms with E-state index in [1.807, 2.05) is 6.92 Å². The molecular weight excluding hydrogens is 76.9 g/mol. The number of nitrogens with one attached hydrogen (secondary N) is 1. The van der Waals surface area contributed by atoms with Crippen molar-refractivity contribution in [3.05, 3.63) is 0 Å². The van der Waals surface area contributed by atoms with Crippen molar-refractivity contribution in [2.45, 2.75) is 13.3 Å². The summed E-state index contributed by atoms with van der Waals surface area (Å²) >= 11 is 0. The Kier molecular flexibility index (Phi) is 4.97. The first-order valence-electron chi connectivity index (χ1n) is 2.00. The van der Waals surface area contributed by atoms with E-state index in [0.29, 0.717) is 0 Å². The molecule has 0 aliphatic rings. The van der Waals surface area contributed by atoms with Gasteiger partial charge < -0.3 is 4.76 Å². The average Bonchev–Trinajstić information content (AvgIpc) is 1.61. The van der Waals surface area contributed by atoms with Gasteiger partial charge in [-0.2, -0.15) is 0 Å². The third kappa shape index (κ3) is 3.98. The lowest BCUT2D eigenvalue weighted by Crippen LogP contribution is -2.12. The molecule has 0 fully saturated rings. The Morgan fingerprint density at radius 3 is 2.67 bits per heavy atom. The van der Waals surface area contributed by atoms with E-state index in [1.54, 1.807) is 0 Å². The molecule has 0 aromatic heterocycles. The van der Waals surface area contributed by atoms with Gasteiger partial charge in [-0.05, 0) is 6.42 Å². The summed E-state index contributed by atoms with van der Waals surface area (Å²) in [6.07, 6.45) is 1.04. The van der Waals surface area contributed by atoms with Crippen molar-refractivity contribution in [1.29, 1.82) is 0 Å². The second-order valence-corrected chi connectivity index (χ2v) is 1.01. The zero-order valence-electron chi connectivity index (χ0n) is 3.90. The van der Waals surface area contributed by atoms with Gasteiger partial charge in [0.05, 0.1) is 0 Å². The summed E-state index contributed by atoms with van der Waals surface area (Å²) in [6, 6.07) is 0. The summed E-state index contributed by atoms with van der Waals surface area (Å²) in [5.74, 6) is 0. The third-order valence-electron chi connectivity index (χ3n) is 0.435. The Balaban J connectivity index is 2.34. The van der Waals surface area contributed by atoms with Gasteiger partial charge in [0.15, 0.2) is 0 Å². The Bertz CT molecular complexity index is 22.8. The van der Waals surface area contributed by atoms with E-state index in [9.17, 15) is 0 Å². The predicted molar refractivity (Wildman–Crippen MR) is 25.1 cm³/mol. The van der Waals surface area contributed by atoms with Gasteiger partial charge in [0.1, 0.15) is 0 Å². The van der Waals surface area contributed by atoms with E-state index in [-0.39, 0.29) is 0 Å². The van der Waals surface area contributed by atoms with E-state index >= 15 is 0 Å². The molecule has 0 amide bonds. The molecule has 0 spiro atoms. The molecule has 0 heterocycles. The lowest BCUT2D eigenvalue weighted by Gasteiger charge is -1.94. The second kappa shape index (κ2) is 4.98. The molecule has 6 heavy (non-hydrogen) atoms. The Morgan fingerprint density at radius 1 is 1.83 bits per heavy atom. The quantitative estimate of drug-likeness (QED) is 0.296. The molecule has 34 valence electrons. The summed E-state index contributed by atoms with van der Waals surface area (Å²) < 4.78 is 4.03. The van der Waals surface area contributed by atoms with Crippen molar-refractivity contribution < 1.29 is 4.76 Å². The average molecular weight is 84.9 g/mol. The molecule has 0 aliphatic carbocycles. The van der Waals surface area contributed by atoms with Gasteiger partial charge in [-0.3, -0.25) is 0 Å². The van der Waals surface area contributed by atoms with Crippen LogP contribution in [-0.4, -0.2) is 14.6 Å². The van der Waals surface area contributed by atoms with Gasteiger partial charge in [-0.1, -0.05) is 6.92 Å². The van der Waals surface area contributed by atoms with Crippen molar-refractivity contribution >= 4 is 8.05 Å². The fraction of sp³-hybridized carbons (Fsp3) is 1.00. The minimum Gasteiger partial charge on any atom is -0.377 e. The zero-order chi connectivity index (χ0) is 4.83. The summed E-state index contributed by atoms with van der Waals surface area (Å²) in [5.41, 5.74) is 2.48. The van der Waals surface area contributed by atoms with Crippen molar-refractivity contribution in [3.8, 4) is 0 Å². The maximum atomic E-state index is 4.60. The maximum absolute atomic E-state index is 4.60. The molecule has 0 saturated heterocycles. The number of rotatable bonds is 3. The first kappa shape index (κ1) is 5.98. The Labute approximate surface area is 39.3 Å². The van der Waals surface area contributed by atoms with Gasteiger partial charge in [0.25, 0.3) is 0 Å². The summed E-state index contributed by atoms with van der Waals surface area (Å²) in [7, 11) is 4.60. The Morgan fingerprint density at radius 2 is 2.50 bits per heavy atom. The van der Waals surface area contributed by atoms with Crippen LogP contribution in [0.25, 0.3) is 0 Å². The highest BCUT2D eigenvalue weighted by molar-refractivity contribution is 5.97. The van der Waals surface area contributed by atoms with E-state index in [4.69, 9.17) is 0 Å². The molecule has 0 saturated carbocycles. The van der Waals surface area contributed by atoms with E-state index in [2.05, 4.69) is 18.3 Å². The van der Waals surface area contributed by atoms with Crippen LogP contribution in [0.4, 0.5) is 0 Å². The highest BCUT2D eigenvalue weighted by Gasteiger charge is 1.71. The number of hydroxylamine groups is 1. The summed E-state index contributed by atoms with van der Waals surface area (Å²) in [5, 5.41) is 0. The van der Waals surface area contributed by atoms with Gasteiger partial charge in [-0.25, -0.2) is 5.48 Å². The van der Waals surface area contributed by atoms with Crippen LogP contribution >= 0.6 is 0 Å². The fourth-order valence-electron chi connectivity index (χ4n) is 0.161. The smallest absolute Gasteiger partial charge is 0.316 e. The molecule has 2 nitrogen and oxygen atoms in total. The van der Waals surface area contributed by atoms with Crippen LogP contribution in [0.2, 0.25) is 0 Å². The molecule has 0 rings (SSSR count). The topological polar surface area (TPSA) is 21.3 Å². The van der Waals surface area contributed by atoms with Crippen LogP contribution in [-0.2, 0) is 4.76 Å². The van der Waals surface area contributed by atoms with Crippen molar-refractivity contribution in [1.82, 2.24) is 5.48 Å². The van der Waals surface area contributed by atoms with E-state index in [1.165, 1.54) is 0 Å². The van der Waals surface area contributed by atoms with Crippen LogP contribution in [0.3, 0.4) is 0 Å². The normalized spacial score (nSPS) is 8.83. The number of hydrogen-bond donors (Lipinski definition) is 1. The van der Waals surface area contributed by atoms with Gasteiger partial charge in [0, 0.05) is 6.54 Å². The molecule has 0 bridgehead atoms. The lowest BCUT2D eigenvalue weighted by atomic mass is 10.5. The third-order valence-corrected chi connectivity index (χ3v) is 0.435. The highest BCUT2D eigenvalue weighted by atomic mass is 16.6. The van der Waals surface area contributed by atoms with Gasteiger partial charge >= 0.3 is 8.05 Å². The Hall–Kier alpha value is -0.0151. The standard InChI is InChI=1S/C3H8BNO/c1-2-3-5-6-4/h5H,2-3H2,1H3. The number of hydrogen-bond acceptors (Lipinski definition) is 2. The van der Waals surface area contributed by atoms with Crippen LogP contribution in [0.15, 0.2) is 0 Å². The molecule has 2 radical (unpaired) electrons. The first-order chi connectivity index (χ1) is 2.91. The predicted octanol–water partition coefficient (Wildman–Crippen LogP) is 0.00110. The summed E-state index contributed by atoms with van der Waals surface area (Å²) in [4.78, 5) is 0. The molecule has 0 aliphatic heterocycles. The van der Waals surface area contributed by atoms with E-state index < -0.39 is 0 Å². The van der Waals surface area contributed by atoms with E-state index in [0.717, 1.165) is 13.0 Å². The molecule has 0 atom stereocenters. The maximum Gasteiger partial charge on any atom is 0.316 e. The summed E-state index contributed by atoms with van der Waals surface area (Å²) in [6.45, 7) is 2.85. The van der Waals surface area contributed by atoms with Crippen LogP contribution in [0.1, 0.15) is 13.3 Å². The molecule has 0 aromatic rings. The fourth-order valence-corrected chi connectivity index (χ4v) is 0.161. The van der Waals surface area contributed by atoms with Gasteiger partial charge in [-0.15, -0.1) is 0 Å². The lowest BCUT2D eigenvalue weighted by molar-refractivity contribution is 0.218. The van der Waals surface area contributed by atoms with Crippen LogP contribution in [0.5, 0.6) is 0 Å². The first-order valence-corrected chi connectivity index (χ1v) is 2.00. The minimum absolute atomic E-state index is 0.816. The van der Waals surface area contributed by atoms with Crippen LogP contribution < -0.4 is 5.48 Å². The molecule has 0 unspecified atom stereocenters. The largest absolute Gasteiger partial charge is 0.377 e. The molecular formula is C3H8BNO. The molecule has 0 aromatic carbocycles. The SMILES string of the molecule is [B]ONCCC.